The molecule has 0 spiro atoms. The zero-order chi connectivity index (χ0) is 15.4. The lowest BCUT2D eigenvalue weighted by Gasteiger charge is -2.11. The topological polar surface area (TPSA) is 58.6 Å². The first-order valence-corrected chi connectivity index (χ1v) is 6.71. The SMILES string of the molecule is COc1ccc(NC(=O)c2ccc(C)c(C)c2)cc1CO. The number of anilines is 1. The Morgan fingerprint density at radius 3 is 2.52 bits per heavy atom. The van der Waals surface area contributed by atoms with Crippen LogP contribution in [0.4, 0.5) is 5.69 Å². The molecule has 0 radical (unpaired) electrons. The number of carbonyl (C=O) groups is 1. The number of aliphatic hydroxyl groups is 1. The smallest absolute Gasteiger partial charge is 0.255 e. The van der Waals surface area contributed by atoms with E-state index >= 15 is 0 Å². The molecule has 4 nitrogen and oxygen atoms in total. The molecule has 2 N–H and O–H groups in total. The zero-order valence-electron chi connectivity index (χ0n) is 12.4. The maximum Gasteiger partial charge on any atom is 0.255 e. The monoisotopic (exact) mass is 285 g/mol. The van der Waals surface area contributed by atoms with Crippen LogP contribution in [0.2, 0.25) is 0 Å². The Balaban J connectivity index is 2.21. The maximum atomic E-state index is 12.2. The van der Waals surface area contributed by atoms with Crippen molar-refractivity contribution in [3.63, 3.8) is 0 Å². The maximum absolute atomic E-state index is 12.2. The number of hydrogen-bond donors (Lipinski definition) is 2. The molecule has 4 heteroatoms. The van der Waals surface area contributed by atoms with Gasteiger partial charge in [0.25, 0.3) is 5.91 Å². The Kier molecular flexibility index (Phi) is 4.60. The van der Waals surface area contributed by atoms with Gasteiger partial charge in [-0.3, -0.25) is 4.79 Å². The number of methoxy groups -OCH3 is 1. The Labute approximate surface area is 124 Å². The van der Waals surface area contributed by atoms with Gasteiger partial charge < -0.3 is 15.2 Å². The molecular formula is C17H19NO3. The van der Waals surface area contributed by atoms with E-state index in [-0.39, 0.29) is 12.5 Å². The van der Waals surface area contributed by atoms with E-state index < -0.39 is 0 Å². The van der Waals surface area contributed by atoms with Gasteiger partial charge in [-0.2, -0.15) is 0 Å². The zero-order valence-corrected chi connectivity index (χ0v) is 12.4. The summed E-state index contributed by atoms with van der Waals surface area (Å²) in [6, 6.07) is 10.8. The third-order valence-corrected chi connectivity index (χ3v) is 3.48. The van der Waals surface area contributed by atoms with Gasteiger partial charge in [-0.25, -0.2) is 0 Å². The quantitative estimate of drug-likeness (QED) is 0.907. The minimum absolute atomic E-state index is 0.142. The number of hydrogen-bond acceptors (Lipinski definition) is 3. The van der Waals surface area contributed by atoms with Crippen molar-refractivity contribution in [1.29, 1.82) is 0 Å². The van der Waals surface area contributed by atoms with E-state index in [1.165, 1.54) is 0 Å². The molecule has 2 aromatic carbocycles. The Morgan fingerprint density at radius 1 is 1.14 bits per heavy atom. The number of carbonyl (C=O) groups excluding carboxylic acids is 1. The van der Waals surface area contributed by atoms with Crippen LogP contribution in [0.1, 0.15) is 27.0 Å². The van der Waals surface area contributed by atoms with E-state index in [2.05, 4.69) is 5.32 Å². The number of aliphatic hydroxyl groups excluding tert-OH is 1. The summed E-state index contributed by atoms with van der Waals surface area (Å²) < 4.78 is 5.14. The third-order valence-electron chi connectivity index (χ3n) is 3.48. The van der Waals surface area contributed by atoms with Gasteiger partial charge in [-0.1, -0.05) is 6.07 Å². The van der Waals surface area contributed by atoms with E-state index in [1.807, 2.05) is 26.0 Å². The van der Waals surface area contributed by atoms with Crippen LogP contribution in [0, 0.1) is 13.8 Å². The van der Waals surface area contributed by atoms with E-state index in [1.54, 1.807) is 31.4 Å². The number of amides is 1. The fourth-order valence-electron chi connectivity index (χ4n) is 2.07. The van der Waals surface area contributed by atoms with Gasteiger partial charge in [0.05, 0.1) is 13.7 Å². The highest BCUT2D eigenvalue weighted by Crippen LogP contribution is 2.23. The molecule has 2 aromatic rings. The summed E-state index contributed by atoms with van der Waals surface area (Å²) in [6.07, 6.45) is 0. The lowest BCUT2D eigenvalue weighted by Crippen LogP contribution is -2.12. The van der Waals surface area contributed by atoms with Gasteiger partial charge in [0.2, 0.25) is 0 Å². The first kappa shape index (κ1) is 15.1. The van der Waals surface area contributed by atoms with Crippen LogP contribution in [-0.4, -0.2) is 18.1 Å². The van der Waals surface area contributed by atoms with Crippen LogP contribution in [0.3, 0.4) is 0 Å². The highest BCUT2D eigenvalue weighted by atomic mass is 16.5. The first-order chi connectivity index (χ1) is 10.0. The second-order valence-electron chi connectivity index (χ2n) is 4.94. The van der Waals surface area contributed by atoms with Gasteiger partial charge in [-0.15, -0.1) is 0 Å². The average Bonchev–Trinajstić information content (AvgIpc) is 2.49. The largest absolute Gasteiger partial charge is 0.496 e. The molecule has 0 aliphatic carbocycles. The van der Waals surface area contributed by atoms with Crippen molar-refractivity contribution in [3.8, 4) is 5.75 Å². The molecular weight excluding hydrogens is 266 g/mol. The molecule has 0 aliphatic heterocycles. The van der Waals surface area contributed by atoms with Crippen LogP contribution in [-0.2, 0) is 6.61 Å². The minimum atomic E-state index is -0.174. The Bertz CT molecular complexity index is 665. The summed E-state index contributed by atoms with van der Waals surface area (Å²) in [7, 11) is 1.54. The van der Waals surface area contributed by atoms with Crippen molar-refractivity contribution in [3.05, 3.63) is 58.7 Å². The average molecular weight is 285 g/mol. The van der Waals surface area contributed by atoms with Crippen molar-refractivity contribution in [2.45, 2.75) is 20.5 Å². The normalized spacial score (nSPS) is 10.3. The molecule has 21 heavy (non-hydrogen) atoms. The summed E-state index contributed by atoms with van der Waals surface area (Å²) in [5.74, 6) is 0.425. The summed E-state index contributed by atoms with van der Waals surface area (Å²) in [5, 5.41) is 12.1. The number of ether oxygens (including phenoxy) is 1. The Morgan fingerprint density at radius 2 is 1.90 bits per heavy atom. The predicted octanol–water partition coefficient (Wildman–Crippen LogP) is 3.06. The summed E-state index contributed by atoms with van der Waals surface area (Å²) in [6.45, 7) is 3.84. The van der Waals surface area contributed by atoms with Gasteiger partial charge in [-0.05, 0) is 55.3 Å². The number of aryl methyl sites for hydroxylation is 2. The standard InChI is InChI=1S/C17H19NO3/c1-11-4-5-13(8-12(11)2)17(20)18-15-6-7-16(21-3)14(9-15)10-19/h4-9,19H,10H2,1-3H3,(H,18,20). The van der Waals surface area contributed by atoms with E-state index in [4.69, 9.17) is 4.74 Å². The molecule has 110 valence electrons. The van der Waals surface area contributed by atoms with Crippen molar-refractivity contribution in [2.24, 2.45) is 0 Å². The van der Waals surface area contributed by atoms with E-state index in [0.717, 1.165) is 11.1 Å². The summed E-state index contributed by atoms with van der Waals surface area (Å²) in [5.41, 5.74) is 4.10. The summed E-state index contributed by atoms with van der Waals surface area (Å²) >= 11 is 0. The van der Waals surface area contributed by atoms with Crippen molar-refractivity contribution in [2.75, 3.05) is 12.4 Å². The second kappa shape index (κ2) is 6.41. The molecule has 0 fully saturated rings. The van der Waals surface area contributed by atoms with Crippen molar-refractivity contribution < 1.29 is 14.6 Å². The lowest BCUT2D eigenvalue weighted by molar-refractivity contribution is 0.102. The molecule has 2 rings (SSSR count). The molecule has 0 bridgehead atoms. The van der Waals surface area contributed by atoms with Crippen LogP contribution in [0.5, 0.6) is 5.75 Å². The van der Waals surface area contributed by atoms with Gasteiger partial charge in [0.1, 0.15) is 5.75 Å². The molecule has 0 heterocycles. The molecule has 0 saturated heterocycles. The molecule has 0 unspecified atom stereocenters. The first-order valence-electron chi connectivity index (χ1n) is 6.71. The van der Waals surface area contributed by atoms with Gasteiger partial charge in [0.15, 0.2) is 0 Å². The molecule has 0 aromatic heterocycles. The Hall–Kier alpha value is -2.33. The number of benzene rings is 2. The highest BCUT2D eigenvalue weighted by molar-refractivity contribution is 6.04. The van der Waals surface area contributed by atoms with Crippen molar-refractivity contribution in [1.82, 2.24) is 0 Å². The second-order valence-corrected chi connectivity index (χ2v) is 4.94. The molecule has 0 saturated carbocycles. The van der Waals surface area contributed by atoms with Crippen LogP contribution in [0.25, 0.3) is 0 Å². The van der Waals surface area contributed by atoms with E-state index in [0.29, 0.717) is 22.6 Å². The number of rotatable bonds is 4. The third kappa shape index (κ3) is 3.41. The fourth-order valence-corrected chi connectivity index (χ4v) is 2.07. The minimum Gasteiger partial charge on any atom is -0.496 e. The fraction of sp³-hybridized carbons (Fsp3) is 0.235. The number of nitrogens with one attached hydrogen (secondary N) is 1. The van der Waals surface area contributed by atoms with Crippen molar-refractivity contribution >= 4 is 11.6 Å². The lowest BCUT2D eigenvalue weighted by atomic mass is 10.1. The van der Waals surface area contributed by atoms with E-state index in [9.17, 15) is 9.90 Å². The van der Waals surface area contributed by atoms with Crippen LogP contribution >= 0.6 is 0 Å². The molecule has 0 atom stereocenters. The van der Waals surface area contributed by atoms with Gasteiger partial charge in [0, 0.05) is 16.8 Å². The van der Waals surface area contributed by atoms with Gasteiger partial charge >= 0.3 is 0 Å². The predicted molar refractivity (Wildman–Crippen MR) is 82.8 cm³/mol. The molecule has 1 amide bonds. The van der Waals surface area contributed by atoms with Crippen LogP contribution < -0.4 is 10.1 Å². The highest BCUT2D eigenvalue weighted by Gasteiger charge is 2.09. The molecule has 0 aliphatic rings. The van der Waals surface area contributed by atoms with Crippen LogP contribution in [0.15, 0.2) is 36.4 Å². The summed E-state index contributed by atoms with van der Waals surface area (Å²) in [4.78, 5) is 12.2.